The van der Waals surface area contributed by atoms with Gasteiger partial charge in [0, 0.05) is 50.7 Å². The lowest BCUT2D eigenvalue weighted by molar-refractivity contribution is -0.136. The molecule has 0 radical (unpaired) electrons. The lowest BCUT2D eigenvalue weighted by Gasteiger charge is -2.31. The van der Waals surface area contributed by atoms with Gasteiger partial charge in [0.1, 0.15) is 6.04 Å². The van der Waals surface area contributed by atoms with E-state index in [-0.39, 0.29) is 41.8 Å². The summed E-state index contributed by atoms with van der Waals surface area (Å²) in [6, 6.07) is 4.37. The number of nitrogens with two attached hydrogens (primary N) is 1. The quantitative estimate of drug-likeness (QED) is 0.607. The number of nitrogens with one attached hydrogen (secondary N) is 1. The first-order valence-electron chi connectivity index (χ1n) is 12.0. The molecular formula is C24H29N5O5. The van der Waals surface area contributed by atoms with Crippen molar-refractivity contribution in [2.75, 3.05) is 31.1 Å². The van der Waals surface area contributed by atoms with Crippen molar-refractivity contribution in [2.24, 2.45) is 11.7 Å². The normalized spacial score (nSPS) is 25.7. The molecule has 0 spiro atoms. The SMILES string of the molecule is NC1CCN(C(=O)CC2CCN(c3ccc4c(c3)C(=O)N(C3CCC(=O)NC3=O)C4=O)C2)CC1. The van der Waals surface area contributed by atoms with Crippen LogP contribution in [0.3, 0.4) is 0 Å². The van der Waals surface area contributed by atoms with Gasteiger partial charge in [-0.15, -0.1) is 0 Å². The molecule has 10 heteroatoms. The van der Waals surface area contributed by atoms with Gasteiger partial charge in [-0.05, 0) is 49.8 Å². The fraction of sp³-hybridized carbons (Fsp3) is 0.542. The zero-order valence-corrected chi connectivity index (χ0v) is 19.0. The number of benzene rings is 1. The van der Waals surface area contributed by atoms with E-state index in [1.165, 1.54) is 0 Å². The molecule has 0 saturated carbocycles. The molecule has 4 heterocycles. The van der Waals surface area contributed by atoms with Crippen LogP contribution >= 0.6 is 0 Å². The third-order valence-electron chi connectivity index (χ3n) is 7.43. The highest BCUT2D eigenvalue weighted by atomic mass is 16.2. The molecule has 3 N–H and O–H groups in total. The van der Waals surface area contributed by atoms with E-state index in [0.29, 0.717) is 13.0 Å². The first-order valence-corrected chi connectivity index (χ1v) is 12.0. The Balaban J connectivity index is 1.24. The van der Waals surface area contributed by atoms with Crippen molar-refractivity contribution in [1.29, 1.82) is 0 Å². The van der Waals surface area contributed by atoms with Gasteiger partial charge in [-0.25, -0.2) is 0 Å². The Morgan fingerprint density at radius 2 is 1.71 bits per heavy atom. The summed E-state index contributed by atoms with van der Waals surface area (Å²) >= 11 is 0. The molecule has 1 aromatic carbocycles. The van der Waals surface area contributed by atoms with Gasteiger partial charge in [0.05, 0.1) is 11.1 Å². The van der Waals surface area contributed by atoms with Crippen LogP contribution in [0.5, 0.6) is 0 Å². The van der Waals surface area contributed by atoms with Gasteiger partial charge < -0.3 is 15.5 Å². The lowest BCUT2D eigenvalue weighted by atomic mass is 10.0. The zero-order valence-electron chi connectivity index (χ0n) is 19.0. The fourth-order valence-electron chi connectivity index (χ4n) is 5.41. The number of carbonyl (C=O) groups is 5. The van der Waals surface area contributed by atoms with Crippen molar-refractivity contribution >= 4 is 35.2 Å². The highest BCUT2D eigenvalue weighted by Gasteiger charge is 2.45. The number of amides is 5. The highest BCUT2D eigenvalue weighted by molar-refractivity contribution is 6.23. The van der Waals surface area contributed by atoms with Gasteiger partial charge in [0.25, 0.3) is 11.8 Å². The Morgan fingerprint density at radius 3 is 2.44 bits per heavy atom. The summed E-state index contributed by atoms with van der Waals surface area (Å²) in [6.07, 6.45) is 3.30. The number of likely N-dealkylation sites (tertiary alicyclic amines) is 1. The summed E-state index contributed by atoms with van der Waals surface area (Å²) in [7, 11) is 0. The van der Waals surface area contributed by atoms with Crippen molar-refractivity contribution in [3.05, 3.63) is 29.3 Å². The first-order chi connectivity index (χ1) is 16.3. The number of anilines is 1. The second-order valence-electron chi connectivity index (χ2n) is 9.70. The number of imide groups is 2. The molecule has 10 nitrogen and oxygen atoms in total. The molecule has 3 fully saturated rings. The largest absolute Gasteiger partial charge is 0.371 e. The molecule has 180 valence electrons. The number of piperidine rings is 2. The lowest BCUT2D eigenvalue weighted by Crippen LogP contribution is -2.54. The van der Waals surface area contributed by atoms with E-state index in [1.807, 2.05) is 11.0 Å². The van der Waals surface area contributed by atoms with Crippen molar-refractivity contribution in [2.45, 2.75) is 50.6 Å². The second-order valence-corrected chi connectivity index (χ2v) is 9.70. The summed E-state index contributed by atoms with van der Waals surface area (Å²) in [5.41, 5.74) is 7.31. The van der Waals surface area contributed by atoms with E-state index < -0.39 is 29.7 Å². The molecular weight excluding hydrogens is 438 g/mol. The van der Waals surface area contributed by atoms with Gasteiger partial charge in [-0.2, -0.15) is 0 Å². The Labute approximate surface area is 197 Å². The Hall–Kier alpha value is -3.27. The number of hydrogen-bond acceptors (Lipinski definition) is 7. The van der Waals surface area contributed by atoms with Gasteiger partial charge in [0.2, 0.25) is 17.7 Å². The average molecular weight is 468 g/mol. The number of rotatable bonds is 4. The molecule has 5 amide bonds. The maximum absolute atomic E-state index is 13.1. The second kappa shape index (κ2) is 8.83. The summed E-state index contributed by atoms with van der Waals surface area (Å²) < 4.78 is 0. The summed E-state index contributed by atoms with van der Waals surface area (Å²) in [5.74, 6) is -1.63. The third kappa shape index (κ3) is 4.06. The van der Waals surface area contributed by atoms with Crippen LogP contribution < -0.4 is 16.0 Å². The fourth-order valence-corrected chi connectivity index (χ4v) is 5.41. The summed E-state index contributed by atoms with van der Waals surface area (Å²) in [6.45, 7) is 2.92. The Morgan fingerprint density at radius 1 is 0.971 bits per heavy atom. The molecule has 1 aromatic rings. The molecule has 2 atom stereocenters. The van der Waals surface area contributed by atoms with Crippen LogP contribution in [-0.2, 0) is 14.4 Å². The van der Waals surface area contributed by atoms with Crippen LogP contribution in [0.2, 0.25) is 0 Å². The number of fused-ring (bicyclic) bond motifs is 1. The van der Waals surface area contributed by atoms with Crippen molar-refractivity contribution in [3.8, 4) is 0 Å². The molecule has 4 aliphatic heterocycles. The minimum Gasteiger partial charge on any atom is -0.371 e. The zero-order chi connectivity index (χ0) is 24.0. The number of carbonyl (C=O) groups excluding carboxylic acids is 5. The molecule has 0 aromatic heterocycles. The molecule has 0 aliphatic carbocycles. The van der Waals surface area contributed by atoms with E-state index in [9.17, 15) is 24.0 Å². The minimum atomic E-state index is -0.972. The van der Waals surface area contributed by atoms with E-state index in [2.05, 4.69) is 10.2 Å². The van der Waals surface area contributed by atoms with Crippen LogP contribution in [0.1, 0.15) is 59.2 Å². The van der Waals surface area contributed by atoms with Crippen LogP contribution in [0, 0.1) is 5.92 Å². The highest BCUT2D eigenvalue weighted by Crippen LogP contribution is 2.33. The predicted molar refractivity (Wildman–Crippen MR) is 122 cm³/mol. The Bertz CT molecular complexity index is 1060. The number of hydrogen-bond donors (Lipinski definition) is 2. The van der Waals surface area contributed by atoms with E-state index in [0.717, 1.165) is 49.5 Å². The summed E-state index contributed by atoms with van der Waals surface area (Å²) in [5, 5.41) is 2.21. The van der Waals surface area contributed by atoms with Crippen LogP contribution in [-0.4, -0.2) is 77.6 Å². The smallest absolute Gasteiger partial charge is 0.262 e. The minimum absolute atomic E-state index is 0.0905. The standard InChI is InChI=1S/C24H29N5O5/c25-15-6-9-27(10-7-15)21(31)11-14-5-8-28(13-14)16-1-2-17-18(12-16)24(34)29(23(17)33)19-3-4-20(30)26-22(19)32/h1-2,12,14-15,19H,3-11,13,25H2,(H,26,30,32). The van der Waals surface area contributed by atoms with E-state index in [4.69, 9.17) is 5.73 Å². The molecule has 5 rings (SSSR count). The molecule has 2 unspecified atom stereocenters. The molecule has 4 aliphatic rings. The molecule has 34 heavy (non-hydrogen) atoms. The Kier molecular flexibility index (Phi) is 5.85. The van der Waals surface area contributed by atoms with Crippen molar-refractivity contribution in [3.63, 3.8) is 0 Å². The monoisotopic (exact) mass is 467 g/mol. The summed E-state index contributed by atoms with van der Waals surface area (Å²) in [4.78, 5) is 67.4. The van der Waals surface area contributed by atoms with Gasteiger partial charge in [-0.3, -0.25) is 34.2 Å². The van der Waals surface area contributed by atoms with E-state index >= 15 is 0 Å². The van der Waals surface area contributed by atoms with Crippen LogP contribution in [0.25, 0.3) is 0 Å². The molecule has 0 bridgehead atoms. The van der Waals surface area contributed by atoms with Gasteiger partial charge in [0.15, 0.2) is 0 Å². The predicted octanol–water partition coefficient (Wildman–Crippen LogP) is 0.254. The van der Waals surface area contributed by atoms with Crippen molar-refractivity contribution < 1.29 is 24.0 Å². The molecule has 3 saturated heterocycles. The first kappa shape index (κ1) is 22.5. The van der Waals surface area contributed by atoms with Gasteiger partial charge in [-0.1, -0.05) is 0 Å². The average Bonchev–Trinajstić information content (AvgIpc) is 3.37. The van der Waals surface area contributed by atoms with Crippen LogP contribution in [0.4, 0.5) is 5.69 Å². The maximum Gasteiger partial charge on any atom is 0.262 e. The van der Waals surface area contributed by atoms with E-state index in [1.54, 1.807) is 12.1 Å². The third-order valence-corrected chi connectivity index (χ3v) is 7.43. The maximum atomic E-state index is 13.1. The van der Waals surface area contributed by atoms with Crippen LogP contribution in [0.15, 0.2) is 18.2 Å². The topological polar surface area (TPSA) is 133 Å². The van der Waals surface area contributed by atoms with Gasteiger partial charge >= 0.3 is 0 Å². The van der Waals surface area contributed by atoms with Crippen molar-refractivity contribution in [1.82, 2.24) is 15.1 Å². The number of nitrogens with zero attached hydrogens (tertiary/aromatic N) is 3.